The van der Waals surface area contributed by atoms with Crippen molar-refractivity contribution >= 4 is 28.6 Å². The summed E-state index contributed by atoms with van der Waals surface area (Å²) in [5, 5.41) is 17.4. The molecule has 0 aliphatic heterocycles. The van der Waals surface area contributed by atoms with Crippen LogP contribution in [0.5, 0.6) is 0 Å². The molecule has 1 unspecified atom stereocenters. The second-order valence-corrected chi connectivity index (χ2v) is 7.10. The Balaban J connectivity index is 1.38. The lowest BCUT2D eigenvalue weighted by Gasteiger charge is -2.25. The predicted octanol–water partition coefficient (Wildman–Crippen LogP) is 4.05. The Labute approximate surface area is 158 Å². The van der Waals surface area contributed by atoms with Crippen LogP contribution in [0.15, 0.2) is 42.6 Å². The van der Waals surface area contributed by atoms with Crippen LogP contribution >= 0.6 is 0 Å². The maximum absolute atomic E-state index is 12.3. The van der Waals surface area contributed by atoms with E-state index < -0.39 is 0 Å². The third-order valence-electron chi connectivity index (χ3n) is 5.12. The predicted molar refractivity (Wildman–Crippen MR) is 107 cm³/mol. The summed E-state index contributed by atoms with van der Waals surface area (Å²) in [5.41, 5.74) is 1.89. The fourth-order valence-corrected chi connectivity index (χ4v) is 3.23. The van der Waals surface area contributed by atoms with Gasteiger partial charge in [0.05, 0.1) is 16.9 Å². The summed E-state index contributed by atoms with van der Waals surface area (Å²) in [7, 11) is 0. The van der Waals surface area contributed by atoms with Crippen LogP contribution in [0.2, 0.25) is 0 Å². The second-order valence-electron chi connectivity index (χ2n) is 7.10. The summed E-state index contributed by atoms with van der Waals surface area (Å²) in [6.07, 6.45) is 5.64. The van der Waals surface area contributed by atoms with E-state index in [0.29, 0.717) is 5.82 Å². The minimum Gasteiger partial charge on any atom is -0.368 e. The van der Waals surface area contributed by atoms with Crippen LogP contribution in [0.4, 0.5) is 16.4 Å². The summed E-state index contributed by atoms with van der Waals surface area (Å²) in [5.74, 6) is 2.05. The molecule has 27 heavy (non-hydrogen) atoms. The second kappa shape index (κ2) is 7.65. The Morgan fingerprint density at radius 1 is 1.30 bits per heavy atom. The number of nitrogens with zero attached hydrogens (tertiary/aromatic N) is 2. The van der Waals surface area contributed by atoms with Crippen molar-refractivity contribution in [2.45, 2.75) is 32.2 Å². The van der Waals surface area contributed by atoms with Gasteiger partial charge in [-0.2, -0.15) is 5.10 Å². The van der Waals surface area contributed by atoms with Gasteiger partial charge in [-0.1, -0.05) is 36.8 Å². The molecule has 2 aromatic heterocycles. The summed E-state index contributed by atoms with van der Waals surface area (Å²) < 4.78 is 0. The molecule has 0 saturated heterocycles. The van der Waals surface area contributed by atoms with Crippen molar-refractivity contribution in [3.8, 4) is 0 Å². The largest absolute Gasteiger partial charge is 0.368 e. The minimum atomic E-state index is -0.291. The average molecular weight is 364 g/mol. The van der Waals surface area contributed by atoms with E-state index >= 15 is 0 Å². The molecule has 0 radical (unpaired) electrons. The van der Waals surface area contributed by atoms with Gasteiger partial charge in [-0.15, -0.1) is 0 Å². The van der Waals surface area contributed by atoms with E-state index in [4.69, 9.17) is 0 Å². The zero-order valence-electron chi connectivity index (χ0n) is 15.3. The first-order valence-corrected chi connectivity index (χ1v) is 9.39. The molecule has 4 N–H and O–H groups in total. The van der Waals surface area contributed by atoms with Gasteiger partial charge in [0.25, 0.3) is 0 Å². The average Bonchev–Trinajstić information content (AvgIpc) is 3.03. The third-order valence-corrected chi connectivity index (χ3v) is 5.12. The van der Waals surface area contributed by atoms with E-state index in [1.165, 1.54) is 19.3 Å². The molecule has 1 aliphatic rings. The lowest BCUT2D eigenvalue weighted by atomic mass is 9.85. The SMILES string of the molecule is CC(NC(=O)Nc1cc2[nH]nc(NCC3CCC3)c2cn1)c1ccccc1. The molecule has 4 rings (SSSR count). The van der Waals surface area contributed by atoms with Gasteiger partial charge < -0.3 is 10.6 Å². The third kappa shape index (κ3) is 4.02. The van der Waals surface area contributed by atoms with Gasteiger partial charge in [0.15, 0.2) is 5.82 Å². The van der Waals surface area contributed by atoms with Crippen molar-refractivity contribution in [3.63, 3.8) is 0 Å². The lowest BCUT2D eigenvalue weighted by Crippen LogP contribution is -2.31. The highest BCUT2D eigenvalue weighted by molar-refractivity contribution is 5.94. The van der Waals surface area contributed by atoms with E-state index in [1.807, 2.05) is 37.3 Å². The number of urea groups is 1. The fraction of sp³-hybridized carbons (Fsp3) is 0.350. The van der Waals surface area contributed by atoms with Crippen LogP contribution in [0.3, 0.4) is 0 Å². The summed E-state index contributed by atoms with van der Waals surface area (Å²) in [4.78, 5) is 16.6. The van der Waals surface area contributed by atoms with Gasteiger partial charge in [-0.05, 0) is 31.2 Å². The summed E-state index contributed by atoms with van der Waals surface area (Å²) in [6.45, 7) is 2.89. The van der Waals surface area contributed by atoms with Gasteiger partial charge in [-0.25, -0.2) is 9.78 Å². The molecule has 0 bridgehead atoms. The topological polar surface area (TPSA) is 94.7 Å². The zero-order chi connectivity index (χ0) is 18.6. The number of pyridine rings is 1. The first-order chi connectivity index (χ1) is 13.2. The molecule has 140 valence electrons. The smallest absolute Gasteiger partial charge is 0.320 e. The number of fused-ring (bicyclic) bond motifs is 1. The minimum absolute atomic E-state index is 0.0932. The maximum Gasteiger partial charge on any atom is 0.320 e. The van der Waals surface area contributed by atoms with E-state index in [2.05, 4.69) is 31.1 Å². The molecule has 2 heterocycles. The van der Waals surface area contributed by atoms with Crippen LogP contribution < -0.4 is 16.0 Å². The lowest BCUT2D eigenvalue weighted by molar-refractivity contribution is 0.249. The Morgan fingerprint density at radius 2 is 2.11 bits per heavy atom. The van der Waals surface area contributed by atoms with Gasteiger partial charge >= 0.3 is 6.03 Å². The number of hydrogen-bond donors (Lipinski definition) is 4. The number of H-pyrrole nitrogens is 1. The van der Waals surface area contributed by atoms with Crippen LogP contribution in [-0.4, -0.2) is 27.8 Å². The highest BCUT2D eigenvalue weighted by Crippen LogP contribution is 2.28. The number of hydrogen-bond acceptors (Lipinski definition) is 4. The van der Waals surface area contributed by atoms with Crippen LogP contribution in [-0.2, 0) is 0 Å². The number of benzene rings is 1. The van der Waals surface area contributed by atoms with E-state index in [9.17, 15) is 4.79 Å². The highest BCUT2D eigenvalue weighted by Gasteiger charge is 2.18. The molecule has 7 heteroatoms. The Hall–Kier alpha value is -3.09. The normalized spacial score (nSPS) is 15.1. The number of anilines is 2. The first kappa shape index (κ1) is 17.3. The van der Waals surface area contributed by atoms with Crippen molar-refractivity contribution in [2.75, 3.05) is 17.2 Å². The number of amides is 2. The first-order valence-electron chi connectivity index (χ1n) is 9.39. The highest BCUT2D eigenvalue weighted by atomic mass is 16.2. The monoisotopic (exact) mass is 364 g/mol. The Morgan fingerprint density at radius 3 is 2.85 bits per heavy atom. The number of nitrogens with one attached hydrogen (secondary N) is 4. The molecule has 1 aromatic carbocycles. The van der Waals surface area contributed by atoms with Crippen molar-refractivity contribution in [3.05, 3.63) is 48.2 Å². The molecular weight excluding hydrogens is 340 g/mol. The van der Waals surface area contributed by atoms with E-state index in [-0.39, 0.29) is 12.1 Å². The van der Waals surface area contributed by atoms with E-state index in [1.54, 1.807) is 12.3 Å². The summed E-state index contributed by atoms with van der Waals surface area (Å²) in [6, 6.07) is 11.2. The maximum atomic E-state index is 12.3. The van der Waals surface area contributed by atoms with Crippen LogP contribution in [0.25, 0.3) is 10.9 Å². The fourth-order valence-electron chi connectivity index (χ4n) is 3.23. The van der Waals surface area contributed by atoms with Crippen molar-refractivity contribution in [1.29, 1.82) is 0 Å². The standard InChI is InChI=1S/C20H24N6O/c1-13(15-8-3-2-4-9-15)23-20(27)24-18-10-17-16(12-21-18)19(26-25-17)22-11-14-6-5-7-14/h2-4,8-10,12-14H,5-7,11H2,1H3,(H2,22,25,26)(H2,21,23,24,27). The molecular formula is C20H24N6O. The molecule has 0 spiro atoms. The number of aromatic amines is 1. The number of aromatic nitrogens is 3. The van der Waals surface area contributed by atoms with Crippen molar-refractivity contribution in [2.24, 2.45) is 5.92 Å². The number of carbonyl (C=O) groups excluding carboxylic acids is 1. The molecule has 1 aliphatic carbocycles. The van der Waals surface area contributed by atoms with Gasteiger partial charge in [0, 0.05) is 18.8 Å². The molecule has 2 amide bonds. The Kier molecular flexibility index (Phi) is 4.91. The quantitative estimate of drug-likeness (QED) is 0.531. The Bertz CT molecular complexity index is 919. The van der Waals surface area contributed by atoms with Crippen molar-refractivity contribution in [1.82, 2.24) is 20.5 Å². The molecule has 1 saturated carbocycles. The molecule has 3 aromatic rings. The van der Waals surface area contributed by atoms with Crippen molar-refractivity contribution < 1.29 is 4.79 Å². The molecule has 1 atom stereocenters. The zero-order valence-corrected chi connectivity index (χ0v) is 15.3. The number of carbonyl (C=O) groups is 1. The van der Waals surface area contributed by atoms with Gasteiger partial charge in [-0.3, -0.25) is 10.4 Å². The van der Waals surface area contributed by atoms with Gasteiger partial charge in [0.1, 0.15) is 5.82 Å². The summed E-state index contributed by atoms with van der Waals surface area (Å²) >= 11 is 0. The van der Waals surface area contributed by atoms with E-state index in [0.717, 1.165) is 34.7 Å². The van der Waals surface area contributed by atoms with Crippen LogP contribution in [0, 0.1) is 5.92 Å². The van der Waals surface area contributed by atoms with Crippen LogP contribution in [0.1, 0.15) is 37.8 Å². The molecule has 7 nitrogen and oxygen atoms in total. The molecule has 1 fully saturated rings. The van der Waals surface area contributed by atoms with Gasteiger partial charge in [0.2, 0.25) is 0 Å². The number of rotatable bonds is 6.